The molecule has 0 aliphatic carbocycles. The van der Waals surface area contributed by atoms with Crippen molar-refractivity contribution in [1.82, 2.24) is 15.5 Å². The highest BCUT2D eigenvalue weighted by Crippen LogP contribution is 2.44. The molecule has 0 aromatic heterocycles. The number of benzene rings is 2. The maximum atomic E-state index is 13.6. The monoisotopic (exact) mass is 503 g/mol. The molecular formula is C25H27Cl2N3O4. The number of carbonyl (C=O) groups is 3. The number of halogens is 2. The van der Waals surface area contributed by atoms with E-state index in [0.717, 1.165) is 35.5 Å². The number of hydrogen-bond donors (Lipinski definition) is 2. The van der Waals surface area contributed by atoms with Crippen LogP contribution in [0.4, 0.5) is 0 Å². The number of nitrogens with one attached hydrogen (secondary N) is 2. The number of fused-ring (bicyclic) bond motifs is 2. The first-order valence-corrected chi connectivity index (χ1v) is 12.3. The maximum absolute atomic E-state index is 13.6. The predicted molar refractivity (Wildman–Crippen MR) is 130 cm³/mol. The molecule has 180 valence electrons. The van der Waals surface area contributed by atoms with E-state index in [0.29, 0.717) is 25.6 Å². The van der Waals surface area contributed by atoms with Gasteiger partial charge in [-0.2, -0.15) is 0 Å². The summed E-state index contributed by atoms with van der Waals surface area (Å²) in [6.45, 7) is 2.01. The van der Waals surface area contributed by atoms with Crippen LogP contribution >= 0.6 is 23.2 Å². The van der Waals surface area contributed by atoms with E-state index in [9.17, 15) is 14.4 Å². The van der Waals surface area contributed by atoms with Gasteiger partial charge < -0.3 is 20.3 Å². The summed E-state index contributed by atoms with van der Waals surface area (Å²) in [5.41, 5.74) is 1.78. The quantitative estimate of drug-likeness (QED) is 0.565. The second-order valence-electron chi connectivity index (χ2n) is 8.53. The fourth-order valence-electron chi connectivity index (χ4n) is 4.44. The van der Waals surface area contributed by atoms with Gasteiger partial charge in [-0.3, -0.25) is 14.4 Å². The molecule has 0 saturated carbocycles. The van der Waals surface area contributed by atoms with Crippen molar-refractivity contribution in [3.63, 3.8) is 0 Å². The molecule has 0 atom stereocenters. The van der Waals surface area contributed by atoms with Gasteiger partial charge in [-0.15, -0.1) is 0 Å². The normalized spacial score (nSPS) is 15.8. The van der Waals surface area contributed by atoms with Crippen molar-refractivity contribution in [2.45, 2.75) is 30.0 Å². The van der Waals surface area contributed by atoms with E-state index in [2.05, 4.69) is 10.6 Å². The van der Waals surface area contributed by atoms with E-state index in [1.54, 1.807) is 0 Å². The molecule has 34 heavy (non-hydrogen) atoms. The summed E-state index contributed by atoms with van der Waals surface area (Å²) in [6.07, 6.45) is 1.79. The van der Waals surface area contributed by atoms with E-state index in [4.69, 9.17) is 27.9 Å². The number of amides is 3. The summed E-state index contributed by atoms with van der Waals surface area (Å²) in [4.78, 5) is 37.8. The lowest BCUT2D eigenvalue weighted by Gasteiger charge is -2.36. The van der Waals surface area contributed by atoms with Crippen molar-refractivity contribution >= 4 is 40.9 Å². The second-order valence-corrected chi connectivity index (χ2v) is 9.62. The van der Waals surface area contributed by atoms with Crippen LogP contribution in [0.15, 0.2) is 48.5 Å². The van der Waals surface area contributed by atoms with Crippen molar-refractivity contribution in [2.75, 3.05) is 26.2 Å². The van der Waals surface area contributed by atoms with Crippen LogP contribution in [0.3, 0.4) is 0 Å². The topological polar surface area (TPSA) is 87.7 Å². The number of piperidine rings is 1. The average molecular weight is 504 g/mol. The molecule has 3 amide bonds. The predicted octanol–water partition coefficient (Wildman–Crippen LogP) is 3.59. The van der Waals surface area contributed by atoms with E-state index in [1.807, 2.05) is 53.4 Å². The Labute approximate surface area is 208 Å². The molecule has 0 radical (unpaired) electrons. The second kappa shape index (κ2) is 11.1. The van der Waals surface area contributed by atoms with Gasteiger partial charge in [0.1, 0.15) is 11.5 Å². The Bertz CT molecular complexity index is 1010. The average Bonchev–Trinajstić information content (AvgIpc) is 2.85. The standard InChI is InChI=1S/C25H27Cl2N3O4/c26-23(27)24(32)28-12-9-21(31)29-15-16-10-13-30(14-11-16)25(33)22-17-5-1-3-7-19(17)34-20-8-4-2-6-18(20)22/h1-8,16,22-23H,9-15H2,(H,28,32)(H,29,31). The summed E-state index contributed by atoms with van der Waals surface area (Å²) in [7, 11) is 0. The van der Waals surface area contributed by atoms with Crippen LogP contribution in [-0.4, -0.2) is 53.6 Å². The minimum atomic E-state index is -1.14. The Morgan fingerprint density at radius 1 is 0.941 bits per heavy atom. The number of para-hydroxylation sites is 2. The number of carbonyl (C=O) groups excluding carboxylic acids is 3. The van der Waals surface area contributed by atoms with E-state index < -0.39 is 10.7 Å². The van der Waals surface area contributed by atoms with Gasteiger partial charge >= 0.3 is 0 Å². The van der Waals surface area contributed by atoms with Gasteiger partial charge in [-0.05, 0) is 30.9 Å². The summed E-state index contributed by atoms with van der Waals surface area (Å²) in [6, 6.07) is 15.4. The third kappa shape index (κ3) is 5.65. The van der Waals surface area contributed by atoms with E-state index >= 15 is 0 Å². The molecule has 2 aromatic carbocycles. The summed E-state index contributed by atoms with van der Waals surface area (Å²) < 4.78 is 6.02. The third-order valence-electron chi connectivity index (χ3n) is 6.29. The molecule has 1 fully saturated rings. The lowest BCUT2D eigenvalue weighted by Crippen LogP contribution is -2.44. The van der Waals surface area contributed by atoms with Crippen molar-refractivity contribution in [1.29, 1.82) is 0 Å². The van der Waals surface area contributed by atoms with Gasteiger partial charge in [0.25, 0.3) is 5.91 Å². The number of hydrogen-bond acceptors (Lipinski definition) is 4. The van der Waals surface area contributed by atoms with Crippen LogP contribution < -0.4 is 15.4 Å². The zero-order valence-corrected chi connectivity index (χ0v) is 20.1. The Kier molecular flexibility index (Phi) is 7.95. The summed E-state index contributed by atoms with van der Waals surface area (Å²) in [5, 5.41) is 5.41. The molecule has 2 heterocycles. The van der Waals surface area contributed by atoms with Gasteiger partial charge in [-0.1, -0.05) is 59.6 Å². The highest BCUT2D eigenvalue weighted by Gasteiger charge is 2.36. The number of nitrogens with zero attached hydrogens (tertiary/aromatic N) is 1. The van der Waals surface area contributed by atoms with Gasteiger partial charge in [0, 0.05) is 43.7 Å². The molecule has 9 heteroatoms. The molecule has 4 rings (SSSR count). The van der Waals surface area contributed by atoms with Gasteiger partial charge in [0.15, 0.2) is 4.84 Å². The first-order valence-electron chi connectivity index (χ1n) is 11.4. The molecule has 2 aliphatic rings. The van der Waals surface area contributed by atoms with Crippen molar-refractivity contribution in [3.8, 4) is 11.5 Å². The summed E-state index contributed by atoms with van der Waals surface area (Å²) >= 11 is 10.9. The van der Waals surface area contributed by atoms with E-state index in [-0.39, 0.29) is 30.7 Å². The molecule has 0 bridgehead atoms. The zero-order valence-electron chi connectivity index (χ0n) is 18.6. The number of likely N-dealkylation sites (tertiary alicyclic amines) is 1. The lowest BCUT2D eigenvalue weighted by molar-refractivity contribution is -0.133. The summed E-state index contributed by atoms with van der Waals surface area (Å²) in [5.74, 6) is 0.790. The van der Waals surface area contributed by atoms with Gasteiger partial charge in [-0.25, -0.2) is 0 Å². The van der Waals surface area contributed by atoms with Crippen molar-refractivity contribution in [2.24, 2.45) is 5.92 Å². The molecule has 1 saturated heterocycles. The number of rotatable bonds is 7. The Balaban J connectivity index is 1.29. The maximum Gasteiger partial charge on any atom is 0.253 e. The molecule has 0 spiro atoms. The fourth-order valence-corrected chi connectivity index (χ4v) is 4.59. The third-order valence-corrected chi connectivity index (χ3v) is 6.69. The van der Waals surface area contributed by atoms with Crippen LogP contribution in [0.2, 0.25) is 0 Å². The largest absolute Gasteiger partial charge is 0.457 e. The smallest absolute Gasteiger partial charge is 0.253 e. The van der Waals surface area contributed by atoms with Crippen LogP contribution in [0.25, 0.3) is 0 Å². The first kappa shape index (κ1) is 24.4. The molecular weight excluding hydrogens is 477 g/mol. The molecule has 2 aromatic rings. The zero-order chi connectivity index (χ0) is 24.1. The highest BCUT2D eigenvalue weighted by molar-refractivity contribution is 6.53. The van der Waals surface area contributed by atoms with Crippen LogP contribution in [0.5, 0.6) is 11.5 Å². The number of ether oxygens (including phenoxy) is 1. The van der Waals surface area contributed by atoms with Gasteiger partial charge in [0.05, 0.1) is 5.92 Å². The molecule has 0 unspecified atom stereocenters. The Morgan fingerprint density at radius 3 is 2.12 bits per heavy atom. The minimum absolute atomic E-state index is 0.0818. The lowest BCUT2D eigenvalue weighted by atomic mass is 9.86. The first-order chi connectivity index (χ1) is 16.4. The fraction of sp³-hybridized carbons (Fsp3) is 0.400. The highest BCUT2D eigenvalue weighted by atomic mass is 35.5. The van der Waals surface area contributed by atoms with Crippen LogP contribution in [-0.2, 0) is 14.4 Å². The molecule has 7 nitrogen and oxygen atoms in total. The van der Waals surface area contributed by atoms with Crippen molar-refractivity contribution in [3.05, 3.63) is 59.7 Å². The molecule has 2 N–H and O–H groups in total. The Morgan fingerprint density at radius 2 is 1.53 bits per heavy atom. The number of alkyl halides is 2. The minimum Gasteiger partial charge on any atom is -0.457 e. The SMILES string of the molecule is O=C(CCNC(=O)C(Cl)Cl)NCC1CCN(C(=O)C2c3ccccc3Oc3ccccc32)CC1. The van der Waals surface area contributed by atoms with E-state index in [1.165, 1.54) is 0 Å². The van der Waals surface area contributed by atoms with Crippen LogP contribution in [0, 0.1) is 5.92 Å². The van der Waals surface area contributed by atoms with Crippen LogP contribution in [0.1, 0.15) is 36.3 Å². The van der Waals surface area contributed by atoms with Gasteiger partial charge in [0.2, 0.25) is 11.8 Å². The van der Waals surface area contributed by atoms with Crippen molar-refractivity contribution < 1.29 is 19.1 Å². The molecule has 2 aliphatic heterocycles. The Hall–Kier alpha value is -2.77.